The van der Waals surface area contributed by atoms with E-state index in [1.165, 1.54) is 21.2 Å². The number of likely N-dealkylation sites (tertiary alicyclic amines) is 1. The van der Waals surface area contributed by atoms with Crippen LogP contribution in [-0.2, 0) is 0 Å². The molecule has 0 N–H and O–H groups in total. The van der Waals surface area contributed by atoms with Crippen molar-refractivity contribution in [2.24, 2.45) is 0 Å². The second-order valence-electron chi connectivity index (χ2n) is 6.90. The zero-order valence-corrected chi connectivity index (χ0v) is 15.5. The van der Waals surface area contributed by atoms with Crippen molar-refractivity contribution < 1.29 is 4.79 Å². The maximum atomic E-state index is 12.9. The average Bonchev–Trinajstić information content (AvgIpc) is 2.99. The molecule has 0 saturated carbocycles. The van der Waals surface area contributed by atoms with Crippen molar-refractivity contribution in [2.45, 2.75) is 32.6 Å². The summed E-state index contributed by atoms with van der Waals surface area (Å²) in [5, 5.41) is 2.39. The summed E-state index contributed by atoms with van der Waals surface area (Å²) in [7, 11) is 0. The van der Waals surface area contributed by atoms with E-state index in [9.17, 15) is 4.79 Å². The summed E-state index contributed by atoms with van der Waals surface area (Å²) in [5.74, 6) is 0.496. The molecule has 3 aromatic rings. The monoisotopic (exact) mass is 350 g/mol. The number of carbonyl (C=O) groups is 1. The highest BCUT2D eigenvalue weighted by Crippen LogP contribution is 2.30. The average molecular weight is 350 g/mol. The third-order valence-electron chi connectivity index (χ3n) is 5.16. The molecule has 128 valence electrons. The van der Waals surface area contributed by atoms with E-state index >= 15 is 0 Å². The van der Waals surface area contributed by atoms with Crippen molar-refractivity contribution in [3.05, 3.63) is 63.6 Å². The second kappa shape index (κ2) is 6.60. The predicted molar refractivity (Wildman–Crippen MR) is 103 cm³/mol. The highest BCUT2D eigenvalue weighted by molar-refractivity contribution is 7.14. The summed E-state index contributed by atoms with van der Waals surface area (Å²) < 4.78 is 0. The third-order valence-corrected chi connectivity index (χ3v) is 6.30. The van der Waals surface area contributed by atoms with Gasteiger partial charge in [-0.1, -0.05) is 24.3 Å². The zero-order chi connectivity index (χ0) is 17.4. The van der Waals surface area contributed by atoms with Crippen LogP contribution in [0.1, 0.15) is 44.6 Å². The van der Waals surface area contributed by atoms with Crippen LogP contribution in [0.4, 0.5) is 0 Å². The molecule has 0 spiro atoms. The normalized spacial score (nSPS) is 17.8. The highest BCUT2D eigenvalue weighted by atomic mass is 32.1. The lowest BCUT2D eigenvalue weighted by molar-refractivity contribution is 0.0711. The zero-order valence-electron chi connectivity index (χ0n) is 14.7. The molecular weight excluding hydrogens is 328 g/mol. The summed E-state index contributed by atoms with van der Waals surface area (Å²) in [6.45, 7) is 5.76. The van der Waals surface area contributed by atoms with Gasteiger partial charge in [-0.15, -0.1) is 11.3 Å². The van der Waals surface area contributed by atoms with Gasteiger partial charge in [0.15, 0.2) is 0 Å². The number of thiophene rings is 1. The molecule has 4 rings (SSSR count). The smallest absolute Gasteiger partial charge is 0.263 e. The molecule has 4 heteroatoms. The molecule has 1 unspecified atom stereocenters. The fraction of sp³-hybridized carbons (Fsp3) is 0.333. The number of hydrogen-bond acceptors (Lipinski definition) is 3. The number of aryl methyl sites for hydroxylation is 2. The van der Waals surface area contributed by atoms with E-state index in [4.69, 9.17) is 0 Å². The Balaban J connectivity index is 1.56. The largest absolute Gasteiger partial charge is 0.337 e. The van der Waals surface area contributed by atoms with Crippen LogP contribution in [0.3, 0.4) is 0 Å². The van der Waals surface area contributed by atoms with Gasteiger partial charge in [-0.3, -0.25) is 9.78 Å². The van der Waals surface area contributed by atoms with E-state index in [0.717, 1.165) is 36.5 Å². The maximum absolute atomic E-state index is 12.9. The Labute approximate surface area is 152 Å². The van der Waals surface area contributed by atoms with Crippen LogP contribution in [0.25, 0.3) is 10.8 Å². The first-order valence-corrected chi connectivity index (χ1v) is 9.64. The number of benzene rings is 1. The van der Waals surface area contributed by atoms with Crippen LogP contribution in [0.5, 0.6) is 0 Å². The van der Waals surface area contributed by atoms with Crippen molar-refractivity contribution in [1.29, 1.82) is 0 Å². The Kier molecular flexibility index (Phi) is 4.30. The van der Waals surface area contributed by atoms with Crippen molar-refractivity contribution in [3.63, 3.8) is 0 Å². The summed E-state index contributed by atoms with van der Waals surface area (Å²) in [6.07, 6.45) is 4.09. The van der Waals surface area contributed by atoms with Gasteiger partial charge >= 0.3 is 0 Å². The molecule has 1 atom stereocenters. The molecule has 1 aliphatic rings. The molecule has 0 aliphatic carbocycles. The SMILES string of the molecule is Cc1cc(C(=O)N2CCCC(c3cc4ccccc4cn3)C2)sc1C. The van der Waals surface area contributed by atoms with Gasteiger partial charge in [0.05, 0.1) is 4.88 Å². The number of rotatable bonds is 2. The van der Waals surface area contributed by atoms with Gasteiger partial charge in [-0.25, -0.2) is 0 Å². The molecule has 25 heavy (non-hydrogen) atoms. The molecule has 1 aliphatic heterocycles. The fourth-order valence-corrected chi connectivity index (χ4v) is 4.56. The first kappa shape index (κ1) is 16.3. The number of fused-ring (bicyclic) bond motifs is 1. The van der Waals surface area contributed by atoms with Gasteiger partial charge < -0.3 is 4.90 Å². The number of nitrogens with zero attached hydrogens (tertiary/aromatic N) is 2. The maximum Gasteiger partial charge on any atom is 0.263 e. The van der Waals surface area contributed by atoms with E-state index < -0.39 is 0 Å². The Morgan fingerprint density at radius 2 is 2.00 bits per heavy atom. The summed E-state index contributed by atoms with van der Waals surface area (Å²) >= 11 is 1.61. The quantitative estimate of drug-likeness (QED) is 0.656. The third kappa shape index (κ3) is 3.19. The molecule has 0 bridgehead atoms. The van der Waals surface area contributed by atoms with Crippen LogP contribution in [0.15, 0.2) is 42.6 Å². The molecule has 1 amide bonds. The molecule has 1 saturated heterocycles. The molecule has 3 heterocycles. The van der Waals surface area contributed by atoms with E-state index in [2.05, 4.69) is 43.1 Å². The Morgan fingerprint density at radius 1 is 1.20 bits per heavy atom. The Hall–Kier alpha value is -2.20. The standard InChI is InChI=1S/C21H22N2OS/c1-14-10-20(25-15(14)2)21(24)23-9-5-8-18(13-23)19-11-16-6-3-4-7-17(16)12-22-19/h3-4,6-7,10-12,18H,5,8-9,13H2,1-2H3. The minimum Gasteiger partial charge on any atom is -0.337 e. The first-order valence-electron chi connectivity index (χ1n) is 8.83. The van der Waals surface area contributed by atoms with Crippen LogP contribution in [0.2, 0.25) is 0 Å². The summed E-state index contributed by atoms with van der Waals surface area (Å²) in [5.41, 5.74) is 2.31. The lowest BCUT2D eigenvalue weighted by Gasteiger charge is -2.32. The second-order valence-corrected chi connectivity index (χ2v) is 8.15. The van der Waals surface area contributed by atoms with Crippen LogP contribution >= 0.6 is 11.3 Å². The minimum absolute atomic E-state index is 0.173. The summed E-state index contributed by atoms with van der Waals surface area (Å²) in [4.78, 5) is 21.7. The first-order chi connectivity index (χ1) is 12.1. The molecule has 2 aromatic heterocycles. The van der Waals surface area contributed by atoms with Crippen molar-refractivity contribution in [2.75, 3.05) is 13.1 Å². The highest BCUT2D eigenvalue weighted by Gasteiger charge is 2.27. The lowest BCUT2D eigenvalue weighted by Crippen LogP contribution is -2.39. The van der Waals surface area contributed by atoms with Gasteiger partial charge in [0.1, 0.15) is 0 Å². The van der Waals surface area contributed by atoms with E-state index in [1.54, 1.807) is 11.3 Å². The van der Waals surface area contributed by atoms with E-state index in [0.29, 0.717) is 5.92 Å². The van der Waals surface area contributed by atoms with Crippen molar-refractivity contribution >= 4 is 28.0 Å². The Bertz CT molecular complexity index is 911. The molecular formula is C21H22N2OS. The molecule has 1 aromatic carbocycles. The van der Waals surface area contributed by atoms with Gasteiger partial charge in [0.2, 0.25) is 0 Å². The van der Waals surface area contributed by atoms with Crippen molar-refractivity contribution in [1.82, 2.24) is 9.88 Å². The number of hydrogen-bond donors (Lipinski definition) is 0. The van der Waals surface area contributed by atoms with Crippen LogP contribution < -0.4 is 0 Å². The molecule has 3 nitrogen and oxygen atoms in total. The minimum atomic E-state index is 0.173. The van der Waals surface area contributed by atoms with E-state index in [1.807, 2.05) is 23.2 Å². The fourth-order valence-electron chi connectivity index (χ4n) is 3.56. The number of carbonyl (C=O) groups excluding carboxylic acids is 1. The predicted octanol–water partition coefficient (Wildman–Crippen LogP) is 4.93. The number of pyridine rings is 1. The topological polar surface area (TPSA) is 33.2 Å². The Morgan fingerprint density at radius 3 is 2.76 bits per heavy atom. The van der Waals surface area contributed by atoms with Gasteiger partial charge in [-0.05, 0) is 49.8 Å². The number of amides is 1. The van der Waals surface area contributed by atoms with Crippen molar-refractivity contribution in [3.8, 4) is 0 Å². The summed E-state index contributed by atoms with van der Waals surface area (Å²) in [6, 6.07) is 12.5. The molecule has 0 radical (unpaired) electrons. The van der Waals surface area contributed by atoms with Gasteiger partial charge in [-0.2, -0.15) is 0 Å². The van der Waals surface area contributed by atoms with Crippen LogP contribution in [0, 0.1) is 13.8 Å². The number of piperidine rings is 1. The molecule has 1 fully saturated rings. The lowest BCUT2D eigenvalue weighted by atomic mass is 9.93. The van der Waals surface area contributed by atoms with E-state index in [-0.39, 0.29) is 5.91 Å². The van der Waals surface area contributed by atoms with Gasteiger partial charge in [0.25, 0.3) is 5.91 Å². The van der Waals surface area contributed by atoms with Gasteiger partial charge in [0, 0.05) is 41.2 Å². The van der Waals surface area contributed by atoms with Crippen LogP contribution in [-0.4, -0.2) is 28.9 Å². The number of aromatic nitrogens is 1.